The average Bonchev–Trinajstić information content (AvgIpc) is 2.92. The number of hydrogen-bond acceptors (Lipinski definition) is 3. The molecule has 3 heteroatoms. The molecule has 2 N–H and O–H groups in total. The molecule has 0 aromatic heterocycles. The van der Waals surface area contributed by atoms with Crippen molar-refractivity contribution in [2.75, 3.05) is 6.61 Å². The third-order valence-electron chi connectivity index (χ3n) is 3.93. The van der Waals surface area contributed by atoms with E-state index in [1.54, 1.807) is 0 Å². The topological polar surface area (TPSA) is 52.3 Å². The highest BCUT2D eigenvalue weighted by Crippen LogP contribution is 2.58. The fourth-order valence-electron chi connectivity index (χ4n) is 1.84. The summed E-state index contributed by atoms with van der Waals surface area (Å²) in [6.45, 7) is 11.0. The second-order valence-corrected chi connectivity index (χ2v) is 6.41. The minimum atomic E-state index is -0.490. The van der Waals surface area contributed by atoms with Crippen LogP contribution in [0.1, 0.15) is 47.5 Å². The van der Waals surface area contributed by atoms with Crippen molar-refractivity contribution in [3.05, 3.63) is 0 Å². The van der Waals surface area contributed by atoms with Crippen molar-refractivity contribution in [2.24, 2.45) is 22.5 Å². The Morgan fingerprint density at radius 3 is 2.19 bits per heavy atom. The maximum Gasteiger partial charge on any atom is 0.323 e. The van der Waals surface area contributed by atoms with Crippen molar-refractivity contribution in [3.63, 3.8) is 0 Å². The third-order valence-corrected chi connectivity index (χ3v) is 3.93. The first-order chi connectivity index (χ1) is 7.19. The standard InChI is InChI=1S/C13H25NO2/c1-9(2)10(14)11(15)16-8-13(6-7-13)12(3,4)5/h9-10H,6-8,14H2,1-5H3/t10-/m0/s1. The molecule has 0 radical (unpaired) electrons. The molecule has 0 amide bonds. The number of nitrogens with two attached hydrogens (primary N) is 1. The van der Waals surface area contributed by atoms with Gasteiger partial charge in [-0.15, -0.1) is 0 Å². The van der Waals surface area contributed by atoms with Crippen LogP contribution in [-0.4, -0.2) is 18.6 Å². The van der Waals surface area contributed by atoms with Crippen LogP contribution in [0.4, 0.5) is 0 Å². The summed E-state index contributed by atoms with van der Waals surface area (Å²) < 4.78 is 5.35. The Bertz CT molecular complexity index is 262. The summed E-state index contributed by atoms with van der Waals surface area (Å²) in [7, 11) is 0. The van der Waals surface area contributed by atoms with E-state index < -0.39 is 6.04 Å². The number of esters is 1. The van der Waals surface area contributed by atoms with E-state index in [4.69, 9.17) is 10.5 Å². The van der Waals surface area contributed by atoms with Gasteiger partial charge in [-0.05, 0) is 24.2 Å². The maximum atomic E-state index is 11.6. The molecule has 0 aromatic rings. The monoisotopic (exact) mass is 227 g/mol. The molecule has 0 spiro atoms. The summed E-state index contributed by atoms with van der Waals surface area (Å²) in [6.07, 6.45) is 2.31. The van der Waals surface area contributed by atoms with Crippen LogP contribution in [-0.2, 0) is 9.53 Å². The van der Waals surface area contributed by atoms with Gasteiger partial charge in [-0.1, -0.05) is 34.6 Å². The lowest BCUT2D eigenvalue weighted by atomic mass is 9.78. The quantitative estimate of drug-likeness (QED) is 0.750. The van der Waals surface area contributed by atoms with Gasteiger partial charge in [-0.3, -0.25) is 4.79 Å². The zero-order valence-corrected chi connectivity index (χ0v) is 11.2. The molecule has 0 saturated heterocycles. The Labute approximate surface area is 98.7 Å². The molecule has 1 atom stereocenters. The minimum Gasteiger partial charge on any atom is -0.464 e. The predicted molar refractivity (Wildman–Crippen MR) is 64.9 cm³/mol. The first-order valence-corrected chi connectivity index (χ1v) is 6.12. The van der Waals surface area contributed by atoms with Crippen molar-refractivity contribution < 1.29 is 9.53 Å². The first-order valence-electron chi connectivity index (χ1n) is 6.12. The Balaban J connectivity index is 2.44. The fraction of sp³-hybridized carbons (Fsp3) is 0.923. The Morgan fingerprint density at radius 1 is 1.38 bits per heavy atom. The normalized spacial score (nSPS) is 20.7. The fourth-order valence-corrected chi connectivity index (χ4v) is 1.84. The van der Waals surface area contributed by atoms with Crippen molar-refractivity contribution in [3.8, 4) is 0 Å². The van der Waals surface area contributed by atoms with E-state index in [0.29, 0.717) is 6.61 Å². The minimum absolute atomic E-state index is 0.136. The van der Waals surface area contributed by atoms with Gasteiger partial charge in [-0.2, -0.15) is 0 Å². The molecule has 1 saturated carbocycles. The van der Waals surface area contributed by atoms with Gasteiger partial charge in [0.15, 0.2) is 0 Å². The zero-order chi connectivity index (χ0) is 12.6. The lowest BCUT2D eigenvalue weighted by molar-refractivity contribution is -0.149. The third kappa shape index (κ3) is 2.76. The highest BCUT2D eigenvalue weighted by molar-refractivity contribution is 5.75. The summed E-state index contributed by atoms with van der Waals surface area (Å²) >= 11 is 0. The van der Waals surface area contributed by atoms with Gasteiger partial charge in [-0.25, -0.2) is 0 Å². The number of carbonyl (C=O) groups excluding carboxylic acids is 1. The Morgan fingerprint density at radius 2 is 1.88 bits per heavy atom. The van der Waals surface area contributed by atoms with Crippen LogP contribution in [0, 0.1) is 16.7 Å². The number of carbonyl (C=O) groups is 1. The average molecular weight is 227 g/mol. The van der Waals surface area contributed by atoms with E-state index in [1.165, 1.54) is 0 Å². The van der Waals surface area contributed by atoms with E-state index in [0.717, 1.165) is 12.8 Å². The zero-order valence-electron chi connectivity index (χ0n) is 11.2. The molecule has 0 unspecified atom stereocenters. The van der Waals surface area contributed by atoms with Crippen molar-refractivity contribution >= 4 is 5.97 Å². The van der Waals surface area contributed by atoms with Gasteiger partial charge < -0.3 is 10.5 Å². The molecule has 0 bridgehead atoms. The largest absolute Gasteiger partial charge is 0.464 e. The van der Waals surface area contributed by atoms with Crippen molar-refractivity contribution in [1.29, 1.82) is 0 Å². The van der Waals surface area contributed by atoms with Gasteiger partial charge in [0.05, 0.1) is 6.61 Å². The summed E-state index contributed by atoms with van der Waals surface area (Å²) in [4.78, 5) is 11.6. The summed E-state index contributed by atoms with van der Waals surface area (Å²) in [6, 6.07) is -0.490. The molecule has 3 nitrogen and oxygen atoms in total. The summed E-state index contributed by atoms with van der Waals surface area (Å²) in [5.74, 6) is -0.122. The molecular weight excluding hydrogens is 202 g/mol. The highest BCUT2D eigenvalue weighted by Gasteiger charge is 2.52. The molecule has 1 aliphatic carbocycles. The molecule has 1 rings (SSSR count). The molecule has 16 heavy (non-hydrogen) atoms. The van der Waals surface area contributed by atoms with E-state index in [9.17, 15) is 4.79 Å². The first kappa shape index (κ1) is 13.5. The van der Waals surface area contributed by atoms with Gasteiger partial charge >= 0.3 is 5.97 Å². The van der Waals surface area contributed by atoms with E-state index in [-0.39, 0.29) is 22.7 Å². The van der Waals surface area contributed by atoms with Gasteiger partial charge in [0, 0.05) is 5.41 Å². The second-order valence-electron chi connectivity index (χ2n) is 6.41. The molecule has 94 valence electrons. The van der Waals surface area contributed by atoms with Crippen LogP contribution in [0.5, 0.6) is 0 Å². The van der Waals surface area contributed by atoms with Crippen LogP contribution in [0.25, 0.3) is 0 Å². The summed E-state index contributed by atoms with van der Waals surface area (Å²) in [5, 5.41) is 0. The summed E-state index contributed by atoms with van der Waals surface area (Å²) in [5.41, 5.74) is 6.14. The Kier molecular flexibility index (Phi) is 3.68. The SMILES string of the molecule is CC(C)[C@H](N)C(=O)OCC1(C(C)(C)C)CC1. The molecule has 1 fully saturated rings. The van der Waals surface area contributed by atoms with Crippen LogP contribution in [0.2, 0.25) is 0 Å². The predicted octanol–water partition coefficient (Wildman–Crippen LogP) is 2.34. The van der Waals surface area contributed by atoms with E-state index >= 15 is 0 Å². The second kappa shape index (κ2) is 4.36. The maximum absolute atomic E-state index is 11.6. The smallest absolute Gasteiger partial charge is 0.323 e. The molecule has 0 aromatic carbocycles. The molecule has 0 aliphatic heterocycles. The van der Waals surface area contributed by atoms with Gasteiger partial charge in [0.1, 0.15) is 6.04 Å². The van der Waals surface area contributed by atoms with Crippen molar-refractivity contribution in [2.45, 2.75) is 53.5 Å². The van der Waals surface area contributed by atoms with E-state index in [2.05, 4.69) is 20.8 Å². The van der Waals surface area contributed by atoms with Gasteiger partial charge in [0.2, 0.25) is 0 Å². The van der Waals surface area contributed by atoms with Crippen LogP contribution in [0.3, 0.4) is 0 Å². The van der Waals surface area contributed by atoms with Crippen LogP contribution >= 0.6 is 0 Å². The number of ether oxygens (including phenoxy) is 1. The van der Waals surface area contributed by atoms with Crippen LogP contribution < -0.4 is 5.73 Å². The van der Waals surface area contributed by atoms with E-state index in [1.807, 2.05) is 13.8 Å². The Hall–Kier alpha value is -0.570. The number of hydrogen-bond donors (Lipinski definition) is 1. The van der Waals surface area contributed by atoms with Gasteiger partial charge in [0.25, 0.3) is 0 Å². The lowest BCUT2D eigenvalue weighted by Gasteiger charge is -2.30. The number of rotatable bonds is 4. The molecule has 1 aliphatic rings. The molecular formula is C13H25NO2. The van der Waals surface area contributed by atoms with Crippen molar-refractivity contribution in [1.82, 2.24) is 0 Å². The molecule has 0 heterocycles. The highest BCUT2D eigenvalue weighted by atomic mass is 16.5. The van der Waals surface area contributed by atoms with Crippen LogP contribution in [0.15, 0.2) is 0 Å². The lowest BCUT2D eigenvalue weighted by Crippen LogP contribution is -2.39.